The largest absolute Gasteiger partial charge is 0.494 e. The lowest BCUT2D eigenvalue weighted by molar-refractivity contribution is -0.142. The maximum atomic E-state index is 11.1. The molecule has 1 fully saturated rings. The van der Waals surface area contributed by atoms with E-state index < -0.39 is 5.97 Å². The molecule has 1 atom stereocenters. The van der Waals surface area contributed by atoms with Crippen molar-refractivity contribution in [3.05, 3.63) is 29.8 Å². The minimum Gasteiger partial charge on any atom is -0.494 e. The summed E-state index contributed by atoms with van der Waals surface area (Å²) in [7, 11) is 0. The summed E-state index contributed by atoms with van der Waals surface area (Å²) in [5, 5.41) is 13.0. The fraction of sp³-hybridized carbons (Fsp3) is 0.650. The van der Waals surface area contributed by atoms with Crippen LogP contribution in [0.3, 0.4) is 0 Å². The van der Waals surface area contributed by atoms with Crippen molar-refractivity contribution in [1.82, 2.24) is 5.32 Å². The van der Waals surface area contributed by atoms with Gasteiger partial charge in [-0.1, -0.05) is 32.0 Å². The number of para-hydroxylation sites is 1. The van der Waals surface area contributed by atoms with Crippen LogP contribution in [0.25, 0.3) is 0 Å². The monoisotopic (exact) mass is 333 g/mol. The van der Waals surface area contributed by atoms with Gasteiger partial charge in [-0.3, -0.25) is 4.79 Å². The van der Waals surface area contributed by atoms with Crippen molar-refractivity contribution in [3.63, 3.8) is 0 Å². The molecule has 1 aromatic carbocycles. The number of carboxylic acid groups (broad SMARTS) is 1. The lowest BCUT2D eigenvalue weighted by Gasteiger charge is -2.32. The third-order valence-corrected chi connectivity index (χ3v) is 4.81. The molecule has 1 aromatic rings. The van der Waals surface area contributed by atoms with Crippen LogP contribution in [-0.4, -0.2) is 23.7 Å². The van der Waals surface area contributed by atoms with E-state index in [1.807, 2.05) is 19.1 Å². The topological polar surface area (TPSA) is 58.6 Å². The summed E-state index contributed by atoms with van der Waals surface area (Å²) in [6.45, 7) is 7.14. The number of carboxylic acids is 1. The van der Waals surface area contributed by atoms with E-state index in [1.54, 1.807) is 0 Å². The lowest BCUT2D eigenvalue weighted by atomic mass is 9.85. The van der Waals surface area contributed by atoms with Crippen molar-refractivity contribution in [2.45, 2.75) is 65.0 Å². The number of benzene rings is 1. The van der Waals surface area contributed by atoms with Gasteiger partial charge >= 0.3 is 5.97 Å². The molecule has 1 aliphatic rings. The molecule has 0 radical (unpaired) electrons. The third kappa shape index (κ3) is 5.23. The van der Waals surface area contributed by atoms with Gasteiger partial charge in [0, 0.05) is 17.6 Å². The van der Waals surface area contributed by atoms with E-state index in [4.69, 9.17) is 9.84 Å². The highest BCUT2D eigenvalue weighted by molar-refractivity contribution is 5.70. The molecule has 0 heterocycles. The minimum absolute atomic E-state index is 0.165. The van der Waals surface area contributed by atoms with Crippen molar-refractivity contribution >= 4 is 5.97 Å². The van der Waals surface area contributed by atoms with E-state index in [0.717, 1.165) is 37.9 Å². The van der Waals surface area contributed by atoms with E-state index in [-0.39, 0.29) is 12.0 Å². The first-order valence-electron chi connectivity index (χ1n) is 9.21. The van der Waals surface area contributed by atoms with Crippen molar-refractivity contribution in [2.24, 2.45) is 11.8 Å². The van der Waals surface area contributed by atoms with Gasteiger partial charge in [-0.05, 0) is 51.0 Å². The van der Waals surface area contributed by atoms with Crippen molar-refractivity contribution in [2.75, 3.05) is 6.61 Å². The molecular formula is C20H31NO3. The number of aliphatic carboxylic acids is 1. The first-order valence-corrected chi connectivity index (χ1v) is 9.21. The molecule has 2 rings (SSSR count). The van der Waals surface area contributed by atoms with Gasteiger partial charge < -0.3 is 15.2 Å². The van der Waals surface area contributed by atoms with Crippen LogP contribution in [0.15, 0.2) is 24.3 Å². The maximum absolute atomic E-state index is 11.1. The highest BCUT2D eigenvalue weighted by Gasteiger charge is 2.28. The van der Waals surface area contributed by atoms with Gasteiger partial charge in [-0.15, -0.1) is 0 Å². The zero-order chi connectivity index (χ0) is 17.5. The molecule has 1 saturated carbocycles. The van der Waals surface area contributed by atoms with Gasteiger partial charge in [0.15, 0.2) is 0 Å². The molecule has 2 N–H and O–H groups in total. The number of ether oxygens (including phenoxy) is 1. The number of nitrogens with one attached hydrogen (secondary N) is 1. The average molecular weight is 333 g/mol. The number of hydrogen-bond acceptors (Lipinski definition) is 3. The molecule has 0 saturated heterocycles. The van der Waals surface area contributed by atoms with Crippen LogP contribution in [0.4, 0.5) is 0 Å². The Morgan fingerprint density at radius 1 is 1.25 bits per heavy atom. The first-order chi connectivity index (χ1) is 11.5. The second-order valence-corrected chi connectivity index (χ2v) is 7.21. The Bertz CT molecular complexity index is 521. The Hall–Kier alpha value is -1.55. The highest BCUT2D eigenvalue weighted by Crippen LogP contribution is 2.32. The summed E-state index contributed by atoms with van der Waals surface area (Å²) in [6.07, 6.45) is 4.46. The van der Waals surface area contributed by atoms with E-state index >= 15 is 0 Å². The summed E-state index contributed by atoms with van der Waals surface area (Å²) >= 11 is 0. The molecule has 4 nitrogen and oxygen atoms in total. The van der Waals surface area contributed by atoms with E-state index in [1.165, 1.54) is 5.56 Å². The van der Waals surface area contributed by atoms with E-state index in [9.17, 15) is 4.79 Å². The third-order valence-electron chi connectivity index (χ3n) is 4.81. The van der Waals surface area contributed by atoms with Crippen LogP contribution >= 0.6 is 0 Å². The number of carbonyl (C=O) groups is 1. The molecule has 1 unspecified atom stereocenters. The molecule has 0 bridgehead atoms. The van der Waals surface area contributed by atoms with Crippen LogP contribution in [0.2, 0.25) is 0 Å². The second kappa shape index (κ2) is 9.07. The second-order valence-electron chi connectivity index (χ2n) is 7.21. The minimum atomic E-state index is -0.645. The van der Waals surface area contributed by atoms with Crippen molar-refractivity contribution < 1.29 is 14.6 Å². The number of hydrogen-bond donors (Lipinski definition) is 2. The summed E-state index contributed by atoms with van der Waals surface area (Å²) in [5.74, 6) is 0.723. The Morgan fingerprint density at radius 2 is 1.92 bits per heavy atom. The van der Waals surface area contributed by atoms with E-state index in [2.05, 4.69) is 31.3 Å². The first kappa shape index (κ1) is 18.8. The molecule has 4 heteroatoms. The molecule has 0 amide bonds. The summed E-state index contributed by atoms with van der Waals surface area (Å²) in [5.41, 5.74) is 1.22. The van der Waals surface area contributed by atoms with Crippen LogP contribution in [0, 0.1) is 11.8 Å². The Labute approximate surface area is 145 Å². The molecule has 24 heavy (non-hydrogen) atoms. The predicted octanol–water partition coefficient (Wildman–Crippen LogP) is 4.41. The molecule has 0 spiro atoms. The van der Waals surface area contributed by atoms with Gasteiger partial charge in [0.1, 0.15) is 5.75 Å². The summed E-state index contributed by atoms with van der Waals surface area (Å²) in [4.78, 5) is 11.1. The normalized spacial score (nSPS) is 22.3. The standard InChI is InChI=1S/C20H31NO3/c1-4-24-19-8-6-5-7-17(19)18(13-14(2)3)21-16-11-9-15(10-12-16)20(22)23/h5-8,14-16,18,21H,4,9-13H2,1-3H3,(H,22,23). The maximum Gasteiger partial charge on any atom is 0.306 e. The lowest BCUT2D eigenvalue weighted by Crippen LogP contribution is -2.38. The quantitative estimate of drug-likeness (QED) is 0.740. The van der Waals surface area contributed by atoms with Crippen LogP contribution in [0.1, 0.15) is 64.5 Å². The molecule has 0 aromatic heterocycles. The van der Waals surface area contributed by atoms with Crippen LogP contribution in [-0.2, 0) is 4.79 Å². The SMILES string of the molecule is CCOc1ccccc1C(CC(C)C)NC1CCC(C(=O)O)CC1. The predicted molar refractivity (Wildman–Crippen MR) is 96.3 cm³/mol. The van der Waals surface area contributed by atoms with Gasteiger partial charge in [0.2, 0.25) is 0 Å². The Kier molecular flexibility index (Phi) is 7.10. The fourth-order valence-corrected chi connectivity index (χ4v) is 3.60. The van der Waals surface area contributed by atoms with Gasteiger partial charge in [0.05, 0.1) is 12.5 Å². The molecule has 0 aliphatic heterocycles. The van der Waals surface area contributed by atoms with E-state index in [0.29, 0.717) is 18.6 Å². The molecule has 1 aliphatic carbocycles. The Balaban J connectivity index is 2.08. The van der Waals surface area contributed by atoms with Gasteiger partial charge in [-0.25, -0.2) is 0 Å². The van der Waals surface area contributed by atoms with Crippen molar-refractivity contribution in [1.29, 1.82) is 0 Å². The zero-order valence-corrected chi connectivity index (χ0v) is 15.1. The van der Waals surface area contributed by atoms with Crippen molar-refractivity contribution in [3.8, 4) is 5.75 Å². The zero-order valence-electron chi connectivity index (χ0n) is 15.1. The van der Waals surface area contributed by atoms with Crippen LogP contribution in [0.5, 0.6) is 5.75 Å². The average Bonchev–Trinajstić information content (AvgIpc) is 2.55. The Morgan fingerprint density at radius 3 is 2.50 bits per heavy atom. The van der Waals surface area contributed by atoms with Gasteiger partial charge in [-0.2, -0.15) is 0 Å². The fourth-order valence-electron chi connectivity index (χ4n) is 3.60. The number of rotatable bonds is 8. The van der Waals surface area contributed by atoms with Crippen LogP contribution < -0.4 is 10.1 Å². The summed E-state index contributed by atoms with van der Waals surface area (Å²) in [6, 6.07) is 8.90. The molecule has 134 valence electrons. The summed E-state index contributed by atoms with van der Waals surface area (Å²) < 4.78 is 5.82. The smallest absolute Gasteiger partial charge is 0.306 e. The molecular weight excluding hydrogens is 302 g/mol. The highest BCUT2D eigenvalue weighted by atomic mass is 16.5. The van der Waals surface area contributed by atoms with Gasteiger partial charge in [0.25, 0.3) is 0 Å².